The molecule has 0 unspecified atom stereocenters. The number of carbonyl (C=O) groups excluding carboxylic acids is 2. The van der Waals surface area contributed by atoms with Gasteiger partial charge in [0.25, 0.3) is 0 Å². The van der Waals surface area contributed by atoms with Crippen LogP contribution in [0.15, 0.2) is 18.2 Å². The van der Waals surface area contributed by atoms with Gasteiger partial charge in [-0.1, -0.05) is 6.92 Å². The molecule has 138 valence electrons. The summed E-state index contributed by atoms with van der Waals surface area (Å²) in [6.07, 6.45) is 3.84. The molecule has 1 aromatic carbocycles. The third-order valence-corrected chi connectivity index (χ3v) is 4.86. The first-order valence-corrected chi connectivity index (χ1v) is 9.18. The van der Waals surface area contributed by atoms with Crippen LogP contribution in [0.1, 0.15) is 63.7 Å². The zero-order valence-corrected chi connectivity index (χ0v) is 15.6. The number of anilines is 1. The smallest absolute Gasteiger partial charge is 0.340 e. The lowest BCUT2D eigenvalue weighted by Gasteiger charge is -2.34. The van der Waals surface area contributed by atoms with Crippen molar-refractivity contribution >= 4 is 17.6 Å². The van der Waals surface area contributed by atoms with E-state index in [0.29, 0.717) is 17.2 Å². The van der Waals surface area contributed by atoms with Crippen molar-refractivity contribution in [3.63, 3.8) is 0 Å². The molecule has 5 heteroatoms. The lowest BCUT2D eigenvalue weighted by Crippen LogP contribution is -2.43. The zero-order chi connectivity index (χ0) is 18.6. The van der Waals surface area contributed by atoms with Crippen LogP contribution in [0.2, 0.25) is 0 Å². The van der Waals surface area contributed by atoms with Gasteiger partial charge in [0.05, 0.1) is 17.9 Å². The molecule has 0 aliphatic heterocycles. The van der Waals surface area contributed by atoms with Crippen LogP contribution in [0.5, 0.6) is 5.75 Å². The van der Waals surface area contributed by atoms with Crippen LogP contribution in [0.25, 0.3) is 0 Å². The number of nitrogens with zero attached hydrogens (tertiary/aromatic N) is 1. The molecule has 1 aliphatic carbocycles. The van der Waals surface area contributed by atoms with Crippen LogP contribution in [0.3, 0.4) is 0 Å². The molecule has 0 heterocycles. The first-order valence-electron chi connectivity index (χ1n) is 9.18. The fourth-order valence-electron chi connectivity index (χ4n) is 3.46. The summed E-state index contributed by atoms with van der Waals surface area (Å²) >= 11 is 0. The number of carbonyl (C=O) groups is 2. The van der Waals surface area contributed by atoms with Gasteiger partial charge in [-0.15, -0.1) is 0 Å². The molecule has 0 aromatic heterocycles. The van der Waals surface area contributed by atoms with Gasteiger partial charge in [-0.05, 0) is 64.5 Å². The molecule has 1 aliphatic rings. The minimum Gasteiger partial charge on any atom is -0.508 e. The Kier molecular flexibility index (Phi) is 6.45. The van der Waals surface area contributed by atoms with Crippen molar-refractivity contribution in [1.82, 2.24) is 0 Å². The Bertz CT molecular complexity index is 618. The lowest BCUT2D eigenvalue weighted by molar-refractivity contribution is -0.123. The minimum absolute atomic E-state index is 0.0260. The highest BCUT2D eigenvalue weighted by atomic mass is 16.5. The number of phenols is 1. The van der Waals surface area contributed by atoms with E-state index in [1.54, 1.807) is 11.8 Å². The average Bonchev–Trinajstić information content (AvgIpc) is 2.55. The van der Waals surface area contributed by atoms with Gasteiger partial charge in [-0.25, -0.2) is 4.79 Å². The van der Waals surface area contributed by atoms with E-state index >= 15 is 0 Å². The second kappa shape index (κ2) is 8.37. The number of ether oxygens (including phenoxy) is 1. The number of hydrogen-bond donors (Lipinski definition) is 1. The number of amides is 1. The molecular formula is C20H29NO4. The molecule has 1 saturated carbocycles. The van der Waals surface area contributed by atoms with E-state index in [9.17, 15) is 14.7 Å². The first kappa shape index (κ1) is 19.3. The molecule has 0 spiro atoms. The first-order chi connectivity index (χ1) is 11.8. The maximum atomic E-state index is 13.2. The maximum Gasteiger partial charge on any atom is 0.340 e. The third-order valence-electron chi connectivity index (χ3n) is 4.86. The van der Waals surface area contributed by atoms with Crippen molar-refractivity contribution in [2.24, 2.45) is 11.8 Å². The van der Waals surface area contributed by atoms with E-state index in [1.807, 2.05) is 13.8 Å². The summed E-state index contributed by atoms with van der Waals surface area (Å²) in [4.78, 5) is 27.1. The van der Waals surface area contributed by atoms with Crippen molar-refractivity contribution in [3.8, 4) is 5.75 Å². The minimum atomic E-state index is -0.479. The van der Waals surface area contributed by atoms with E-state index in [-0.39, 0.29) is 30.2 Å². The van der Waals surface area contributed by atoms with Gasteiger partial charge in [0, 0.05) is 18.0 Å². The van der Waals surface area contributed by atoms with Gasteiger partial charge in [-0.3, -0.25) is 4.79 Å². The van der Waals surface area contributed by atoms with Crippen LogP contribution in [-0.4, -0.2) is 29.6 Å². The predicted molar refractivity (Wildman–Crippen MR) is 97.8 cm³/mol. The largest absolute Gasteiger partial charge is 0.508 e. The normalized spacial score (nSPS) is 20.4. The summed E-state index contributed by atoms with van der Waals surface area (Å²) in [5.41, 5.74) is 0.739. The molecule has 25 heavy (non-hydrogen) atoms. The highest BCUT2D eigenvalue weighted by molar-refractivity contribution is 6.04. The van der Waals surface area contributed by atoms with Gasteiger partial charge < -0.3 is 14.7 Å². The van der Waals surface area contributed by atoms with E-state index in [0.717, 1.165) is 25.7 Å². The summed E-state index contributed by atoms with van der Waals surface area (Å²) < 4.78 is 5.12. The van der Waals surface area contributed by atoms with Gasteiger partial charge in [-0.2, -0.15) is 0 Å². The zero-order valence-electron chi connectivity index (χ0n) is 15.6. The molecular weight excluding hydrogens is 318 g/mol. The van der Waals surface area contributed by atoms with E-state index in [4.69, 9.17) is 4.74 Å². The quantitative estimate of drug-likeness (QED) is 0.813. The molecule has 1 fully saturated rings. The van der Waals surface area contributed by atoms with Crippen molar-refractivity contribution in [3.05, 3.63) is 23.8 Å². The second-order valence-corrected chi connectivity index (χ2v) is 7.18. The topological polar surface area (TPSA) is 66.8 Å². The summed E-state index contributed by atoms with van der Waals surface area (Å²) in [6.45, 7) is 8.06. The highest BCUT2D eigenvalue weighted by Crippen LogP contribution is 2.34. The summed E-state index contributed by atoms with van der Waals surface area (Å²) in [5.74, 6) is 0.202. The van der Waals surface area contributed by atoms with Crippen molar-refractivity contribution in [2.75, 3.05) is 11.5 Å². The summed E-state index contributed by atoms with van der Waals surface area (Å²) in [6, 6.07) is 4.33. The number of rotatable bonds is 5. The van der Waals surface area contributed by atoms with Crippen molar-refractivity contribution in [1.29, 1.82) is 0 Å². The van der Waals surface area contributed by atoms with E-state index in [1.165, 1.54) is 18.2 Å². The Hall–Kier alpha value is -2.04. The number of phenolic OH excluding ortho intramolecular Hbond substituents is 1. The third kappa shape index (κ3) is 4.53. The fraction of sp³-hybridized carbons (Fsp3) is 0.600. The number of hydrogen-bond acceptors (Lipinski definition) is 4. The number of esters is 1. The van der Waals surface area contributed by atoms with Gasteiger partial charge in [0.15, 0.2) is 0 Å². The Morgan fingerprint density at radius 3 is 2.44 bits per heavy atom. The monoisotopic (exact) mass is 347 g/mol. The van der Waals surface area contributed by atoms with Crippen LogP contribution >= 0.6 is 0 Å². The molecule has 0 radical (unpaired) electrons. The van der Waals surface area contributed by atoms with Gasteiger partial charge in [0.1, 0.15) is 5.75 Å². The molecule has 0 atom stereocenters. The van der Waals surface area contributed by atoms with Crippen LogP contribution in [-0.2, 0) is 9.53 Å². The van der Waals surface area contributed by atoms with Gasteiger partial charge >= 0.3 is 5.97 Å². The summed E-state index contributed by atoms with van der Waals surface area (Å²) in [7, 11) is 0. The fourth-order valence-corrected chi connectivity index (χ4v) is 3.46. The average molecular weight is 347 g/mol. The highest BCUT2D eigenvalue weighted by Gasteiger charge is 2.32. The Morgan fingerprint density at radius 2 is 1.88 bits per heavy atom. The Balaban J connectivity index is 2.38. The molecule has 1 amide bonds. The molecule has 2 rings (SSSR count). The molecule has 1 N–H and O–H groups in total. The van der Waals surface area contributed by atoms with Crippen LogP contribution in [0, 0.1) is 11.8 Å². The van der Waals surface area contributed by atoms with Crippen molar-refractivity contribution < 1.29 is 19.4 Å². The van der Waals surface area contributed by atoms with Gasteiger partial charge in [0.2, 0.25) is 5.91 Å². The molecule has 1 aromatic rings. The van der Waals surface area contributed by atoms with Crippen LogP contribution in [0.4, 0.5) is 5.69 Å². The SMILES string of the molecule is CCOC(=O)c1ccc(O)cc1N(C(=O)C1CCC(C)CC1)C(C)C. The Labute approximate surface area is 150 Å². The second-order valence-electron chi connectivity index (χ2n) is 7.18. The molecule has 5 nitrogen and oxygen atoms in total. The summed E-state index contributed by atoms with van der Waals surface area (Å²) in [5, 5.41) is 9.92. The van der Waals surface area contributed by atoms with E-state index < -0.39 is 5.97 Å². The molecule has 0 bridgehead atoms. The van der Waals surface area contributed by atoms with E-state index in [2.05, 4.69) is 6.92 Å². The molecule has 0 saturated heterocycles. The maximum absolute atomic E-state index is 13.2. The van der Waals surface area contributed by atoms with Crippen molar-refractivity contribution in [2.45, 2.75) is 59.4 Å². The van der Waals surface area contributed by atoms with Crippen LogP contribution < -0.4 is 4.90 Å². The Morgan fingerprint density at radius 1 is 1.24 bits per heavy atom. The number of aromatic hydroxyl groups is 1. The number of benzene rings is 1. The lowest BCUT2D eigenvalue weighted by atomic mass is 9.82. The standard InChI is InChI=1S/C20H29NO4/c1-5-25-20(24)17-11-10-16(22)12-18(17)21(13(2)3)19(23)15-8-6-14(4)7-9-15/h10-15,22H,5-9H2,1-4H3. The predicted octanol–water partition coefficient (Wildman–Crippen LogP) is 4.14.